The van der Waals surface area contributed by atoms with E-state index in [-0.39, 0.29) is 18.1 Å². The lowest BCUT2D eigenvalue weighted by atomic mass is 9.99. The highest BCUT2D eigenvalue weighted by Gasteiger charge is 2.31. The maximum Gasteiger partial charge on any atom is 0.326 e. The van der Waals surface area contributed by atoms with Crippen LogP contribution in [0.25, 0.3) is 0 Å². The van der Waals surface area contributed by atoms with E-state index in [9.17, 15) is 29.4 Å². The number of aliphatic hydroxyl groups excluding tert-OH is 1. The molecule has 1 aromatic rings. The van der Waals surface area contributed by atoms with E-state index in [1.54, 1.807) is 13.8 Å². The van der Waals surface area contributed by atoms with Crippen molar-refractivity contribution in [1.82, 2.24) is 16.0 Å². The predicted octanol–water partition coefficient (Wildman–Crippen LogP) is -0.936. The molecular formula is C21H32N4O6S. The second-order valence-electron chi connectivity index (χ2n) is 7.49. The van der Waals surface area contributed by atoms with Gasteiger partial charge in [-0.25, -0.2) is 4.79 Å². The highest BCUT2D eigenvalue weighted by atomic mass is 32.1. The second-order valence-corrected chi connectivity index (χ2v) is 7.86. The van der Waals surface area contributed by atoms with Gasteiger partial charge in [0.1, 0.15) is 18.1 Å². The molecule has 1 aromatic carbocycles. The van der Waals surface area contributed by atoms with Crippen molar-refractivity contribution in [2.45, 2.75) is 50.9 Å². The van der Waals surface area contributed by atoms with Gasteiger partial charge in [0.15, 0.2) is 0 Å². The first-order chi connectivity index (χ1) is 15.1. The Kier molecular flexibility index (Phi) is 11.7. The normalized spacial score (nSPS) is 15.5. The van der Waals surface area contributed by atoms with E-state index < -0.39 is 54.5 Å². The summed E-state index contributed by atoms with van der Waals surface area (Å²) in [7, 11) is 0. The Morgan fingerprint density at radius 3 is 2.06 bits per heavy atom. The number of carbonyl (C=O) groups excluding carboxylic acids is 3. The van der Waals surface area contributed by atoms with Crippen LogP contribution in [0.5, 0.6) is 0 Å². The molecule has 0 saturated heterocycles. The van der Waals surface area contributed by atoms with Crippen LogP contribution in [0.3, 0.4) is 0 Å². The fourth-order valence-corrected chi connectivity index (χ4v) is 3.09. The van der Waals surface area contributed by atoms with Gasteiger partial charge in [0.05, 0.1) is 12.6 Å². The van der Waals surface area contributed by atoms with Crippen LogP contribution in [0.1, 0.15) is 25.8 Å². The number of amides is 3. The third-order valence-electron chi connectivity index (χ3n) is 5.04. The molecule has 0 spiro atoms. The molecule has 0 radical (unpaired) electrons. The highest BCUT2D eigenvalue weighted by Crippen LogP contribution is 2.08. The first-order valence-corrected chi connectivity index (χ1v) is 10.9. The smallest absolute Gasteiger partial charge is 0.326 e. The summed E-state index contributed by atoms with van der Waals surface area (Å²) in [6, 6.07) is 4.48. The minimum atomic E-state index is -1.34. The van der Waals surface area contributed by atoms with Gasteiger partial charge in [-0.15, -0.1) is 0 Å². The van der Waals surface area contributed by atoms with Crippen LogP contribution in [0.2, 0.25) is 0 Å². The molecule has 5 atom stereocenters. The zero-order chi connectivity index (χ0) is 24.3. The van der Waals surface area contributed by atoms with Crippen molar-refractivity contribution in [3.8, 4) is 0 Å². The number of rotatable bonds is 13. The number of hydrogen-bond donors (Lipinski definition) is 7. The van der Waals surface area contributed by atoms with Crippen LogP contribution >= 0.6 is 12.6 Å². The van der Waals surface area contributed by atoms with Gasteiger partial charge in [-0.2, -0.15) is 12.6 Å². The van der Waals surface area contributed by atoms with Gasteiger partial charge in [-0.05, 0) is 17.9 Å². The molecule has 0 bridgehead atoms. The topological polar surface area (TPSA) is 171 Å². The fraction of sp³-hybridized carbons (Fsp3) is 0.524. The molecule has 7 N–H and O–H groups in total. The lowest BCUT2D eigenvalue weighted by Crippen LogP contribution is -2.59. The second kappa shape index (κ2) is 13.7. The molecule has 1 rings (SSSR count). The maximum absolute atomic E-state index is 12.5. The van der Waals surface area contributed by atoms with Crippen molar-refractivity contribution in [1.29, 1.82) is 0 Å². The largest absolute Gasteiger partial charge is 0.480 e. The number of nitrogens with two attached hydrogens (primary N) is 1. The third kappa shape index (κ3) is 8.48. The molecule has 10 nitrogen and oxygen atoms in total. The number of carbonyl (C=O) groups is 4. The third-order valence-corrected chi connectivity index (χ3v) is 5.41. The number of aliphatic carboxylic acids is 1. The Bertz CT molecular complexity index is 779. The molecule has 0 fully saturated rings. The number of hydrogen-bond acceptors (Lipinski definition) is 7. The Morgan fingerprint density at radius 2 is 1.56 bits per heavy atom. The van der Waals surface area contributed by atoms with Gasteiger partial charge in [0.25, 0.3) is 0 Å². The van der Waals surface area contributed by atoms with Gasteiger partial charge in [-0.3, -0.25) is 14.4 Å². The molecule has 0 aliphatic rings. The monoisotopic (exact) mass is 468 g/mol. The quantitative estimate of drug-likeness (QED) is 0.183. The summed E-state index contributed by atoms with van der Waals surface area (Å²) in [5.74, 6) is -3.84. The molecule has 0 aromatic heterocycles. The molecule has 5 unspecified atom stereocenters. The van der Waals surface area contributed by atoms with Gasteiger partial charge < -0.3 is 31.9 Å². The summed E-state index contributed by atoms with van der Waals surface area (Å²) in [4.78, 5) is 48.8. The number of benzene rings is 1. The van der Waals surface area contributed by atoms with Crippen molar-refractivity contribution in [2.75, 3.05) is 12.4 Å². The minimum Gasteiger partial charge on any atom is -0.480 e. The summed E-state index contributed by atoms with van der Waals surface area (Å²) in [5.41, 5.74) is 6.73. The SMILES string of the molecule is CCC(C)C(NC(=O)C(CS)NC(=O)C(CO)NC(=O)C(N)Cc1ccccc1)C(=O)O. The van der Waals surface area contributed by atoms with Crippen LogP contribution in [-0.4, -0.2) is 70.4 Å². The van der Waals surface area contributed by atoms with Crippen molar-refractivity contribution < 1.29 is 29.4 Å². The summed E-state index contributed by atoms with van der Waals surface area (Å²) in [6.07, 6.45) is 0.761. The van der Waals surface area contributed by atoms with E-state index in [0.717, 1.165) is 5.56 Å². The molecule has 0 aliphatic carbocycles. The van der Waals surface area contributed by atoms with Gasteiger partial charge >= 0.3 is 5.97 Å². The Hall–Kier alpha value is -2.63. The van der Waals surface area contributed by atoms with E-state index in [2.05, 4.69) is 28.6 Å². The van der Waals surface area contributed by atoms with E-state index in [4.69, 9.17) is 5.73 Å². The molecule has 32 heavy (non-hydrogen) atoms. The van der Waals surface area contributed by atoms with Crippen LogP contribution in [0.4, 0.5) is 0 Å². The summed E-state index contributed by atoms with van der Waals surface area (Å²) < 4.78 is 0. The maximum atomic E-state index is 12.5. The standard InChI is InChI=1S/C21H32N4O6S/c1-3-12(2)17(21(30)31)25-20(29)16(11-32)24-19(28)15(10-26)23-18(27)14(22)9-13-7-5-4-6-8-13/h4-8,12,14-17,26,32H,3,9-11,22H2,1-2H3,(H,23,27)(H,24,28)(H,25,29)(H,30,31). The van der Waals surface area contributed by atoms with Crippen LogP contribution in [0.15, 0.2) is 30.3 Å². The molecule has 3 amide bonds. The molecule has 0 saturated carbocycles. The average molecular weight is 469 g/mol. The van der Waals surface area contributed by atoms with Gasteiger partial charge in [-0.1, -0.05) is 50.6 Å². The number of carboxylic acid groups (broad SMARTS) is 1. The predicted molar refractivity (Wildman–Crippen MR) is 122 cm³/mol. The van der Waals surface area contributed by atoms with Gasteiger partial charge in [0.2, 0.25) is 17.7 Å². The zero-order valence-electron chi connectivity index (χ0n) is 18.2. The van der Waals surface area contributed by atoms with Crippen molar-refractivity contribution >= 4 is 36.3 Å². The van der Waals surface area contributed by atoms with E-state index >= 15 is 0 Å². The Balaban J connectivity index is 2.73. The van der Waals surface area contributed by atoms with Crippen molar-refractivity contribution in [2.24, 2.45) is 11.7 Å². The van der Waals surface area contributed by atoms with Crippen LogP contribution in [-0.2, 0) is 25.6 Å². The molecule has 11 heteroatoms. The van der Waals surface area contributed by atoms with Crippen LogP contribution < -0.4 is 21.7 Å². The lowest BCUT2D eigenvalue weighted by molar-refractivity contribution is -0.143. The number of aliphatic hydroxyl groups is 1. The Morgan fingerprint density at radius 1 is 1.00 bits per heavy atom. The van der Waals surface area contributed by atoms with E-state index in [1.165, 1.54) is 0 Å². The van der Waals surface area contributed by atoms with Crippen LogP contribution in [0, 0.1) is 5.92 Å². The van der Waals surface area contributed by atoms with E-state index in [1.807, 2.05) is 30.3 Å². The van der Waals surface area contributed by atoms with E-state index in [0.29, 0.717) is 6.42 Å². The molecular weight excluding hydrogens is 436 g/mol. The first-order valence-electron chi connectivity index (χ1n) is 10.3. The molecule has 0 heterocycles. The van der Waals surface area contributed by atoms with Crippen molar-refractivity contribution in [3.63, 3.8) is 0 Å². The minimum absolute atomic E-state index is 0.121. The first kappa shape index (κ1) is 27.4. The lowest BCUT2D eigenvalue weighted by Gasteiger charge is -2.25. The zero-order valence-corrected chi connectivity index (χ0v) is 19.0. The number of carboxylic acids is 1. The van der Waals surface area contributed by atoms with Crippen molar-refractivity contribution in [3.05, 3.63) is 35.9 Å². The number of nitrogens with one attached hydrogen (secondary N) is 3. The summed E-state index contributed by atoms with van der Waals surface area (Å²) >= 11 is 4.04. The highest BCUT2D eigenvalue weighted by molar-refractivity contribution is 7.80. The summed E-state index contributed by atoms with van der Waals surface area (Å²) in [5, 5.41) is 26.0. The Labute approximate surface area is 192 Å². The molecule has 178 valence electrons. The van der Waals surface area contributed by atoms with Gasteiger partial charge in [0, 0.05) is 5.75 Å². The average Bonchev–Trinajstić information content (AvgIpc) is 2.78. The number of thiol groups is 1. The fourth-order valence-electron chi connectivity index (χ4n) is 2.84. The molecule has 0 aliphatic heterocycles. The summed E-state index contributed by atoms with van der Waals surface area (Å²) in [6.45, 7) is 2.76.